The fraction of sp³-hybridized carbons (Fsp3) is 0.250. The van der Waals surface area contributed by atoms with Gasteiger partial charge in [-0.2, -0.15) is 5.26 Å². The van der Waals surface area contributed by atoms with Crippen LogP contribution >= 0.6 is 0 Å². The van der Waals surface area contributed by atoms with Crippen LogP contribution in [0.3, 0.4) is 0 Å². The third kappa shape index (κ3) is 4.69. The Morgan fingerprint density at radius 3 is 2.21 bits per heavy atom. The molecule has 1 heterocycles. The van der Waals surface area contributed by atoms with Gasteiger partial charge in [-0.3, -0.25) is 0 Å². The van der Waals surface area contributed by atoms with E-state index in [2.05, 4.69) is 12.6 Å². The zero-order valence-corrected chi connectivity index (χ0v) is 17.5. The lowest BCUT2D eigenvalue weighted by Crippen LogP contribution is -2.06. The van der Waals surface area contributed by atoms with Crippen molar-refractivity contribution < 1.29 is 9.90 Å². The van der Waals surface area contributed by atoms with Crippen molar-refractivity contribution in [3.05, 3.63) is 82.7 Å². The van der Waals surface area contributed by atoms with Crippen LogP contribution in [0.1, 0.15) is 59.1 Å². The molecule has 0 aliphatic carbocycles. The molecule has 0 spiro atoms. The first-order valence-electron chi connectivity index (χ1n) is 9.22. The summed E-state index contributed by atoms with van der Waals surface area (Å²) in [6.07, 6.45) is 7.08. The Kier molecular flexibility index (Phi) is 8.22. The number of nitrogens with zero attached hydrogens (tertiary/aromatic N) is 2. The van der Waals surface area contributed by atoms with Gasteiger partial charge >= 0.3 is 5.97 Å². The number of nitriles is 1. The second-order valence-corrected chi connectivity index (χ2v) is 6.24. The fourth-order valence-electron chi connectivity index (χ4n) is 3.19. The number of allylic oxidation sites excluding steroid dienone is 5. The zero-order valence-electron chi connectivity index (χ0n) is 17.5. The Bertz CT molecular complexity index is 963. The van der Waals surface area contributed by atoms with Crippen molar-refractivity contribution in [2.75, 3.05) is 0 Å². The van der Waals surface area contributed by atoms with E-state index >= 15 is 0 Å². The van der Waals surface area contributed by atoms with Crippen molar-refractivity contribution in [1.29, 1.82) is 5.26 Å². The van der Waals surface area contributed by atoms with Gasteiger partial charge in [0.25, 0.3) is 0 Å². The van der Waals surface area contributed by atoms with Crippen LogP contribution in [0.2, 0.25) is 0 Å². The number of carboxylic acids is 1. The van der Waals surface area contributed by atoms with Gasteiger partial charge < -0.3 is 9.67 Å². The lowest BCUT2D eigenvalue weighted by Gasteiger charge is -2.10. The largest absolute Gasteiger partial charge is 0.477 e. The van der Waals surface area contributed by atoms with E-state index in [-0.39, 0.29) is 5.69 Å². The summed E-state index contributed by atoms with van der Waals surface area (Å²) in [4.78, 5) is 11.6. The molecule has 0 fully saturated rings. The first-order valence-corrected chi connectivity index (χ1v) is 9.22. The summed E-state index contributed by atoms with van der Waals surface area (Å²) < 4.78 is 1.47. The number of carboxylic acid groups (broad SMARTS) is 1. The molecular weight excluding hydrogens is 348 g/mol. The van der Waals surface area contributed by atoms with Crippen LogP contribution in [0, 0.1) is 25.2 Å². The maximum Gasteiger partial charge on any atom is 0.353 e. The lowest BCUT2D eigenvalue weighted by atomic mass is 9.94. The average molecular weight is 377 g/mol. The van der Waals surface area contributed by atoms with Crippen molar-refractivity contribution >= 4 is 17.1 Å². The van der Waals surface area contributed by atoms with E-state index in [1.165, 1.54) is 4.57 Å². The molecule has 4 nitrogen and oxygen atoms in total. The number of hydrogen-bond acceptors (Lipinski definition) is 2. The minimum Gasteiger partial charge on any atom is -0.477 e. The second kappa shape index (κ2) is 10.1. The van der Waals surface area contributed by atoms with Crippen molar-refractivity contribution in [3.63, 3.8) is 0 Å². The van der Waals surface area contributed by atoms with Crippen molar-refractivity contribution in [2.45, 2.75) is 34.6 Å². The number of benzene rings is 1. The molecule has 0 aliphatic heterocycles. The highest BCUT2D eigenvalue weighted by Crippen LogP contribution is 2.27. The van der Waals surface area contributed by atoms with Gasteiger partial charge in [0.2, 0.25) is 0 Å². The van der Waals surface area contributed by atoms with Crippen molar-refractivity contribution in [1.82, 2.24) is 4.57 Å². The molecule has 1 aromatic carbocycles. The quantitative estimate of drug-likeness (QED) is 0.660. The summed E-state index contributed by atoms with van der Waals surface area (Å²) in [7, 11) is 1.63. The zero-order chi connectivity index (χ0) is 21.4. The molecule has 1 N–H and O–H groups in total. The number of aromatic carboxylic acids is 1. The summed E-state index contributed by atoms with van der Waals surface area (Å²) in [5, 5.41) is 18.8. The van der Waals surface area contributed by atoms with Gasteiger partial charge in [0.1, 0.15) is 11.8 Å². The number of aryl methyl sites for hydroxylation is 3. The molecule has 146 valence electrons. The SMILES string of the molecule is C=C/C(=C\C=C(/C)c1c(C#N)cn(C)c1C(=O)O)c1c(C)cccc1C.CC. The summed E-state index contributed by atoms with van der Waals surface area (Å²) >= 11 is 0. The first-order chi connectivity index (χ1) is 13.3. The molecule has 0 atom stereocenters. The van der Waals surface area contributed by atoms with Gasteiger partial charge in [-0.25, -0.2) is 4.79 Å². The van der Waals surface area contributed by atoms with Crippen LogP contribution in [0.5, 0.6) is 0 Å². The van der Waals surface area contributed by atoms with E-state index in [1.54, 1.807) is 19.3 Å². The predicted octanol–water partition coefficient (Wildman–Crippen LogP) is 5.91. The fourth-order valence-corrected chi connectivity index (χ4v) is 3.19. The number of aromatic nitrogens is 1. The minimum atomic E-state index is -1.06. The molecular formula is C24H28N2O2. The summed E-state index contributed by atoms with van der Waals surface area (Å²) in [6.45, 7) is 13.8. The molecule has 2 rings (SSSR count). The van der Waals surface area contributed by atoms with Gasteiger partial charge in [0.05, 0.1) is 5.56 Å². The molecule has 0 aliphatic rings. The molecule has 2 aromatic rings. The lowest BCUT2D eigenvalue weighted by molar-refractivity contribution is 0.0686. The Morgan fingerprint density at radius 1 is 1.18 bits per heavy atom. The predicted molar refractivity (Wildman–Crippen MR) is 116 cm³/mol. The Hall–Kier alpha value is -3.32. The third-order valence-corrected chi connectivity index (χ3v) is 4.40. The third-order valence-electron chi connectivity index (χ3n) is 4.40. The first kappa shape index (κ1) is 22.7. The van der Waals surface area contributed by atoms with Crippen LogP contribution in [-0.2, 0) is 7.05 Å². The van der Waals surface area contributed by atoms with Crippen molar-refractivity contribution in [2.24, 2.45) is 7.05 Å². The van der Waals surface area contributed by atoms with E-state index in [4.69, 9.17) is 0 Å². The molecule has 1 aromatic heterocycles. The van der Waals surface area contributed by atoms with Crippen LogP contribution in [-0.4, -0.2) is 15.6 Å². The smallest absolute Gasteiger partial charge is 0.353 e. The van der Waals surface area contributed by atoms with Crippen LogP contribution in [0.25, 0.3) is 11.1 Å². The normalized spacial score (nSPS) is 11.3. The molecule has 0 unspecified atom stereocenters. The van der Waals surface area contributed by atoms with E-state index in [1.807, 2.05) is 65.0 Å². The summed E-state index contributed by atoms with van der Waals surface area (Å²) in [6, 6.07) is 8.18. The van der Waals surface area contributed by atoms with Gasteiger partial charge in [0.15, 0.2) is 0 Å². The maximum atomic E-state index is 11.6. The Labute approximate surface area is 167 Å². The number of rotatable bonds is 5. The molecule has 0 radical (unpaired) electrons. The standard InChI is InChI=1S/C22H22N2O2.C2H6/c1-6-17(19-14(2)8-7-9-15(19)3)11-10-16(4)20-18(12-23)13-24(5)21(20)22(25)26;1-2/h6-11,13H,1H2,2-5H3,(H,25,26);1-2H3/b16-10+,17-11+;. The van der Waals surface area contributed by atoms with E-state index in [0.29, 0.717) is 16.7 Å². The van der Waals surface area contributed by atoms with E-state index < -0.39 is 5.97 Å². The highest BCUT2D eigenvalue weighted by molar-refractivity contribution is 5.94. The Balaban J connectivity index is 0.00000190. The molecule has 28 heavy (non-hydrogen) atoms. The number of hydrogen-bond donors (Lipinski definition) is 1. The molecule has 4 heteroatoms. The Morgan fingerprint density at radius 2 is 1.75 bits per heavy atom. The average Bonchev–Trinajstić information content (AvgIpc) is 3.02. The molecule has 0 bridgehead atoms. The van der Waals surface area contributed by atoms with Crippen LogP contribution in [0.15, 0.2) is 49.2 Å². The monoisotopic (exact) mass is 376 g/mol. The molecule has 0 saturated heterocycles. The second-order valence-electron chi connectivity index (χ2n) is 6.24. The van der Waals surface area contributed by atoms with Gasteiger partial charge in [-0.05, 0) is 48.6 Å². The van der Waals surface area contributed by atoms with Crippen LogP contribution in [0.4, 0.5) is 0 Å². The maximum absolute atomic E-state index is 11.6. The highest BCUT2D eigenvalue weighted by atomic mass is 16.4. The van der Waals surface area contributed by atoms with Crippen LogP contribution < -0.4 is 0 Å². The van der Waals surface area contributed by atoms with Gasteiger partial charge in [-0.1, -0.05) is 56.9 Å². The van der Waals surface area contributed by atoms with E-state index in [9.17, 15) is 15.2 Å². The topological polar surface area (TPSA) is 66.0 Å². The van der Waals surface area contributed by atoms with Gasteiger partial charge in [-0.15, -0.1) is 0 Å². The van der Waals surface area contributed by atoms with Crippen molar-refractivity contribution in [3.8, 4) is 6.07 Å². The molecule has 0 amide bonds. The van der Waals surface area contributed by atoms with E-state index in [0.717, 1.165) is 22.3 Å². The minimum absolute atomic E-state index is 0.107. The van der Waals surface area contributed by atoms with Gasteiger partial charge in [0, 0.05) is 18.8 Å². The number of carbonyl (C=O) groups is 1. The highest BCUT2D eigenvalue weighted by Gasteiger charge is 2.20. The summed E-state index contributed by atoms with van der Waals surface area (Å²) in [5.41, 5.74) is 5.96. The molecule has 0 saturated carbocycles. The summed E-state index contributed by atoms with van der Waals surface area (Å²) in [5.74, 6) is -1.06.